The molecule has 0 bridgehead atoms. The molecule has 0 aliphatic heterocycles. The minimum absolute atomic E-state index is 0.271. The van der Waals surface area contributed by atoms with Gasteiger partial charge in [-0.15, -0.1) is 4.72 Å². The van der Waals surface area contributed by atoms with E-state index >= 15 is 0 Å². The predicted octanol–water partition coefficient (Wildman–Crippen LogP) is 2.95. The van der Waals surface area contributed by atoms with Crippen LogP contribution in [0.1, 0.15) is 47.1 Å². The Bertz CT molecular complexity index is 814. The summed E-state index contributed by atoms with van der Waals surface area (Å²) in [5.41, 5.74) is -1.98. The molecular formula is C17H24F2N2O3S2. The summed E-state index contributed by atoms with van der Waals surface area (Å²) in [6.45, 7) is 8.76. The van der Waals surface area contributed by atoms with Gasteiger partial charge in [-0.3, -0.25) is 0 Å². The Morgan fingerprint density at radius 1 is 1.19 bits per heavy atom. The summed E-state index contributed by atoms with van der Waals surface area (Å²) < 4.78 is 66.3. The first kappa shape index (κ1) is 22.8. The van der Waals surface area contributed by atoms with Gasteiger partial charge in [0.15, 0.2) is 26.2 Å². The highest BCUT2D eigenvalue weighted by Gasteiger charge is 2.46. The number of sulfone groups is 1. The van der Waals surface area contributed by atoms with Crippen molar-refractivity contribution in [2.75, 3.05) is 5.75 Å². The van der Waals surface area contributed by atoms with Gasteiger partial charge >= 0.3 is 0 Å². The Labute approximate surface area is 157 Å². The summed E-state index contributed by atoms with van der Waals surface area (Å²) in [4.78, 5) is 0. The predicted molar refractivity (Wildman–Crippen MR) is 98.2 cm³/mol. The maximum atomic E-state index is 14.4. The molecule has 0 saturated heterocycles. The van der Waals surface area contributed by atoms with Crippen molar-refractivity contribution in [3.63, 3.8) is 0 Å². The van der Waals surface area contributed by atoms with Gasteiger partial charge in [0.25, 0.3) is 0 Å². The molecule has 0 heterocycles. The van der Waals surface area contributed by atoms with Crippen molar-refractivity contribution in [1.82, 2.24) is 4.72 Å². The highest BCUT2D eigenvalue weighted by Crippen LogP contribution is 2.32. The Hall–Kier alpha value is -1.21. The van der Waals surface area contributed by atoms with E-state index < -0.39 is 53.6 Å². The first-order valence-corrected chi connectivity index (χ1v) is 10.7. The lowest BCUT2D eigenvalue weighted by Gasteiger charge is -2.36. The molecule has 0 radical (unpaired) electrons. The van der Waals surface area contributed by atoms with E-state index in [2.05, 4.69) is 4.72 Å². The van der Waals surface area contributed by atoms with Gasteiger partial charge in [0.1, 0.15) is 10.3 Å². The number of rotatable bonds is 6. The van der Waals surface area contributed by atoms with Gasteiger partial charge in [-0.25, -0.2) is 17.2 Å². The molecule has 0 aromatic heterocycles. The molecule has 26 heavy (non-hydrogen) atoms. The van der Waals surface area contributed by atoms with Crippen molar-refractivity contribution in [2.24, 2.45) is 0 Å². The lowest BCUT2D eigenvalue weighted by molar-refractivity contribution is 0.414. The number of hydrogen-bond donors (Lipinski definition) is 1. The highest BCUT2D eigenvalue weighted by molar-refractivity contribution is 7.93. The van der Waals surface area contributed by atoms with Crippen LogP contribution in [0.25, 0.3) is 0 Å². The molecule has 1 aromatic carbocycles. The molecule has 0 aliphatic carbocycles. The summed E-state index contributed by atoms with van der Waals surface area (Å²) >= 11 is -1.77. The van der Waals surface area contributed by atoms with E-state index in [0.29, 0.717) is 0 Å². The average molecular weight is 407 g/mol. The number of halogens is 2. The van der Waals surface area contributed by atoms with Crippen LogP contribution < -0.4 is 4.72 Å². The molecule has 0 spiro atoms. The van der Waals surface area contributed by atoms with E-state index in [0.717, 1.165) is 6.07 Å². The van der Waals surface area contributed by atoms with E-state index in [4.69, 9.17) is 5.26 Å². The van der Waals surface area contributed by atoms with Crippen LogP contribution in [0.15, 0.2) is 18.2 Å². The lowest BCUT2D eigenvalue weighted by atomic mass is 9.94. The van der Waals surface area contributed by atoms with Crippen LogP contribution >= 0.6 is 0 Å². The molecule has 0 aliphatic rings. The van der Waals surface area contributed by atoms with Gasteiger partial charge in [-0.1, -0.05) is 12.1 Å². The number of nitrogens with one attached hydrogen (secondary N) is 1. The fourth-order valence-corrected chi connectivity index (χ4v) is 4.56. The molecule has 0 saturated carbocycles. The molecule has 1 aromatic rings. The van der Waals surface area contributed by atoms with E-state index in [1.807, 2.05) is 0 Å². The molecule has 0 amide bonds. The molecule has 146 valence electrons. The molecule has 5 nitrogen and oxygen atoms in total. The second-order valence-electron chi connectivity index (χ2n) is 7.80. The third-order valence-corrected chi connectivity index (χ3v) is 8.30. The van der Waals surface area contributed by atoms with Crippen molar-refractivity contribution in [3.05, 3.63) is 35.4 Å². The zero-order chi connectivity index (χ0) is 20.6. The van der Waals surface area contributed by atoms with Crippen LogP contribution in [0.4, 0.5) is 8.78 Å². The number of nitrogens with zero attached hydrogens (tertiary/aromatic N) is 1. The minimum atomic E-state index is -4.08. The molecular weight excluding hydrogens is 382 g/mol. The summed E-state index contributed by atoms with van der Waals surface area (Å²) in [5.74, 6) is -3.10. The first-order chi connectivity index (χ1) is 11.6. The van der Waals surface area contributed by atoms with Gasteiger partial charge < -0.3 is 4.55 Å². The van der Waals surface area contributed by atoms with Gasteiger partial charge in [-0.2, -0.15) is 5.26 Å². The molecule has 1 N–H and O–H groups in total. The number of hydrogen-bond acceptors (Lipinski definition) is 5. The van der Waals surface area contributed by atoms with Crippen LogP contribution in [-0.2, 0) is 26.7 Å². The zero-order valence-electron chi connectivity index (χ0n) is 15.7. The Morgan fingerprint density at radius 2 is 1.73 bits per heavy atom. The summed E-state index contributed by atoms with van der Waals surface area (Å²) in [5, 5.41) is 9.16. The molecule has 2 atom stereocenters. The van der Waals surface area contributed by atoms with Crippen LogP contribution in [-0.4, -0.2) is 28.2 Å². The quantitative estimate of drug-likeness (QED) is 0.733. The summed E-state index contributed by atoms with van der Waals surface area (Å²) in [7, 11) is -4.08. The van der Waals surface area contributed by atoms with Crippen LogP contribution in [0.5, 0.6) is 0 Å². The van der Waals surface area contributed by atoms with E-state index in [9.17, 15) is 21.8 Å². The SMILES string of the molecule is CC(C)(C)[S@@+]([O-])N[C@](C)(CS(=O)(=O)C(C)(C)C#N)c1cccc(F)c1F. The largest absolute Gasteiger partial charge is 0.598 e. The fraction of sp³-hybridized carbons (Fsp3) is 0.588. The van der Waals surface area contributed by atoms with Gasteiger partial charge in [0.05, 0.1) is 11.8 Å². The fourth-order valence-electron chi connectivity index (χ4n) is 2.08. The third kappa shape index (κ3) is 4.74. The standard InChI is InChI=1S/C17H24F2N2O3S2/c1-15(2,3)25(22)21-17(6,11-26(23,24)16(4,5)10-20)12-8-7-9-13(18)14(12)19/h7-9,21H,11H2,1-6H3/t17-,25-/m1/s1. The monoisotopic (exact) mass is 406 g/mol. The van der Waals surface area contributed by atoms with Gasteiger partial charge in [0, 0.05) is 16.9 Å². The van der Waals surface area contributed by atoms with E-state index in [-0.39, 0.29) is 5.56 Å². The molecule has 0 unspecified atom stereocenters. The Morgan fingerprint density at radius 3 is 2.19 bits per heavy atom. The number of nitriles is 1. The molecule has 1 rings (SSSR count). The third-order valence-electron chi connectivity index (χ3n) is 3.95. The van der Waals surface area contributed by atoms with Crippen molar-refractivity contribution in [2.45, 2.75) is 56.6 Å². The van der Waals surface area contributed by atoms with Crippen LogP contribution in [0.3, 0.4) is 0 Å². The van der Waals surface area contributed by atoms with Gasteiger partial charge in [0.2, 0.25) is 0 Å². The normalized spacial score (nSPS) is 16.6. The van der Waals surface area contributed by atoms with Crippen molar-refractivity contribution >= 4 is 21.2 Å². The lowest BCUT2D eigenvalue weighted by Crippen LogP contribution is -2.55. The minimum Gasteiger partial charge on any atom is -0.598 e. The topological polar surface area (TPSA) is 93.0 Å². The average Bonchev–Trinajstić information content (AvgIpc) is 2.48. The Balaban J connectivity index is 3.54. The number of benzene rings is 1. The first-order valence-electron chi connectivity index (χ1n) is 7.85. The van der Waals surface area contributed by atoms with Crippen molar-refractivity contribution in [3.8, 4) is 6.07 Å². The molecule has 9 heteroatoms. The van der Waals surface area contributed by atoms with E-state index in [1.165, 1.54) is 32.9 Å². The van der Waals surface area contributed by atoms with Crippen LogP contribution in [0, 0.1) is 23.0 Å². The van der Waals surface area contributed by atoms with Gasteiger partial charge in [-0.05, 0) is 47.6 Å². The van der Waals surface area contributed by atoms with Crippen LogP contribution in [0.2, 0.25) is 0 Å². The van der Waals surface area contributed by atoms with Crippen molar-refractivity contribution in [1.29, 1.82) is 5.26 Å². The second-order valence-corrected chi connectivity index (χ2v) is 12.3. The summed E-state index contributed by atoms with van der Waals surface area (Å²) in [6.07, 6.45) is 0. The zero-order valence-corrected chi connectivity index (χ0v) is 17.3. The molecule has 0 fully saturated rings. The maximum Gasteiger partial charge on any atom is 0.171 e. The Kier molecular flexibility index (Phi) is 6.52. The highest BCUT2D eigenvalue weighted by atomic mass is 32.2. The smallest absolute Gasteiger partial charge is 0.171 e. The summed E-state index contributed by atoms with van der Waals surface area (Å²) in [6, 6.07) is 5.10. The maximum absolute atomic E-state index is 14.4. The van der Waals surface area contributed by atoms with Crippen molar-refractivity contribution < 1.29 is 21.8 Å². The second kappa shape index (κ2) is 7.43. The van der Waals surface area contributed by atoms with E-state index in [1.54, 1.807) is 26.8 Å².